The Morgan fingerprint density at radius 3 is 1.91 bits per heavy atom. The molecule has 1 fully saturated rings. The molecule has 5 atom stereocenters. The Morgan fingerprint density at radius 1 is 0.882 bits per heavy atom. The van der Waals surface area contributed by atoms with Crippen LogP contribution in [0.1, 0.15) is 54.0 Å². The molecule has 1 saturated carbocycles. The van der Waals surface area contributed by atoms with Crippen molar-refractivity contribution in [3.05, 3.63) is 70.5 Å². The van der Waals surface area contributed by atoms with Gasteiger partial charge in [0.25, 0.3) is 0 Å². The largest absolute Gasteiger partial charge is 0.416 e. The van der Waals surface area contributed by atoms with Crippen molar-refractivity contribution in [1.82, 2.24) is 0 Å². The molecule has 0 bridgehead atoms. The second-order valence-electron chi connectivity index (χ2n) is 8.60. The van der Waals surface area contributed by atoms with E-state index >= 15 is 0 Å². The molecule has 0 aromatic heterocycles. The van der Waals surface area contributed by atoms with Crippen LogP contribution in [-0.4, -0.2) is 29.5 Å². The van der Waals surface area contributed by atoms with Crippen molar-refractivity contribution in [3.63, 3.8) is 0 Å². The van der Waals surface area contributed by atoms with Crippen LogP contribution in [0.5, 0.6) is 0 Å². The summed E-state index contributed by atoms with van der Waals surface area (Å²) in [6.45, 7) is 0.820. The summed E-state index contributed by atoms with van der Waals surface area (Å²) in [5, 5.41) is 19.7. The van der Waals surface area contributed by atoms with Gasteiger partial charge >= 0.3 is 12.4 Å². The van der Waals surface area contributed by atoms with E-state index in [1.165, 1.54) is 31.2 Å². The van der Waals surface area contributed by atoms with Crippen LogP contribution < -0.4 is 0 Å². The molecule has 2 N–H and O–H groups in total. The Bertz CT molecular complexity index is 924. The molecule has 0 amide bonds. The molecule has 34 heavy (non-hydrogen) atoms. The van der Waals surface area contributed by atoms with Crippen LogP contribution in [0.3, 0.4) is 0 Å². The standard InChI is InChI=1S/C24H25F7O3/c1-13(16-8-17(23(26,27)28)10-18(9-16)24(29,30)31)34-21-7-4-15(11-32)20(12-33)22(21)14-2-5-19(25)6-3-14/h2-3,5-6,8-10,13,15,20-22,32-33H,4,7,11-12H2,1H3/t13-,15+,20-,21+,22+/m1/s1. The zero-order valence-corrected chi connectivity index (χ0v) is 18.2. The predicted octanol–water partition coefficient (Wildman–Crippen LogP) is 6.10. The fourth-order valence-corrected chi connectivity index (χ4v) is 4.68. The first-order valence-electron chi connectivity index (χ1n) is 10.8. The topological polar surface area (TPSA) is 49.7 Å². The van der Waals surface area contributed by atoms with Crippen molar-refractivity contribution in [3.8, 4) is 0 Å². The van der Waals surface area contributed by atoms with Crippen molar-refractivity contribution in [2.75, 3.05) is 13.2 Å². The van der Waals surface area contributed by atoms with Crippen molar-refractivity contribution >= 4 is 0 Å². The highest BCUT2D eigenvalue weighted by atomic mass is 19.4. The number of aliphatic hydroxyl groups is 2. The summed E-state index contributed by atoms with van der Waals surface area (Å²) >= 11 is 0. The van der Waals surface area contributed by atoms with E-state index in [4.69, 9.17) is 4.74 Å². The average molecular weight is 494 g/mol. The summed E-state index contributed by atoms with van der Waals surface area (Å²) in [4.78, 5) is 0. The summed E-state index contributed by atoms with van der Waals surface area (Å²) in [6.07, 6.45) is -11.0. The lowest BCUT2D eigenvalue weighted by molar-refractivity contribution is -0.143. The van der Waals surface area contributed by atoms with Crippen molar-refractivity contribution < 1.29 is 45.7 Å². The third kappa shape index (κ3) is 5.90. The van der Waals surface area contributed by atoms with E-state index in [1.54, 1.807) is 0 Å². The average Bonchev–Trinajstić information content (AvgIpc) is 2.77. The minimum atomic E-state index is -4.98. The van der Waals surface area contributed by atoms with E-state index in [0.29, 0.717) is 30.5 Å². The van der Waals surface area contributed by atoms with Gasteiger partial charge in [0.1, 0.15) is 5.82 Å². The van der Waals surface area contributed by atoms with Gasteiger partial charge in [-0.25, -0.2) is 4.39 Å². The van der Waals surface area contributed by atoms with Gasteiger partial charge in [-0.15, -0.1) is 0 Å². The maximum absolute atomic E-state index is 13.5. The minimum absolute atomic E-state index is 0.0613. The number of rotatable bonds is 6. The molecule has 0 heterocycles. The van der Waals surface area contributed by atoms with Crippen LogP contribution in [-0.2, 0) is 17.1 Å². The molecule has 0 radical (unpaired) electrons. The molecule has 1 aliphatic rings. The third-order valence-electron chi connectivity index (χ3n) is 6.45. The van der Waals surface area contributed by atoms with Gasteiger partial charge in [-0.05, 0) is 73.1 Å². The molecule has 3 rings (SSSR count). The highest BCUT2D eigenvalue weighted by Gasteiger charge is 2.42. The van der Waals surface area contributed by atoms with Crippen molar-refractivity contribution in [1.29, 1.82) is 0 Å². The lowest BCUT2D eigenvalue weighted by Gasteiger charge is -2.43. The number of aliphatic hydroxyl groups excluding tert-OH is 2. The van der Waals surface area contributed by atoms with Crippen LogP contribution >= 0.6 is 0 Å². The smallest absolute Gasteiger partial charge is 0.396 e. The highest BCUT2D eigenvalue weighted by molar-refractivity contribution is 5.35. The number of hydrogen-bond acceptors (Lipinski definition) is 3. The van der Waals surface area contributed by atoms with Crippen LogP contribution in [0.4, 0.5) is 30.7 Å². The van der Waals surface area contributed by atoms with E-state index in [-0.39, 0.29) is 30.8 Å². The molecule has 188 valence electrons. The van der Waals surface area contributed by atoms with Gasteiger partial charge in [0, 0.05) is 19.1 Å². The Labute approximate surface area is 192 Å². The summed E-state index contributed by atoms with van der Waals surface area (Å²) < 4.78 is 99.1. The van der Waals surface area contributed by atoms with E-state index in [0.717, 1.165) is 0 Å². The number of benzene rings is 2. The van der Waals surface area contributed by atoms with Gasteiger partial charge in [0.2, 0.25) is 0 Å². The third-order valence-corrected chi connectivity index (χ3v) is 6.45. The van der Waals surface area contributed by atoms with Gasteiger partial charge < -0.3 is 14.9 Å². The number of hydrogen-bond donors (Lipinski definition) is 2. The molecule has 0 aliphatic heterocycles. The molecule has 3 nitrogen and oxygen atoms in total. The predicted molar refractivity (Wildman–Crippen MR) is 109 cm³/mol. The number of ether oxygens (including phenoxy) is 1. The first kappa shape index (κ1) is 26.4. The molecule has 2 aromatic carbocycles. The van der Waals surface area contributed by atoms with Gasteiger partial charge in [0.15, 0.2) is 0 Å². The van der Waals surface area contributed by atoms with Crippen LogP contribution in [0.25, 0.3) is 0 Å². The highest BCUT2D eigenvalue weighted by Crippen LogP contribution is 2.45. The molecule has 2 aromatic rings. The first-order valence-corrected chi connectivity index (χ1v) is 10.8. The lowest BCUT2D eigenvalue weighted by atomic mass is 9.68. The minimum Gasteiger partial charge on any atom is -0.396 e. The van der Waals surface area contributed by atoms with Crippen molar-refractivity contribution in [2.45, 2.75) is 50.2 Å². The zero-order chi connectivity index (χ0) is 25.3. The summed E-state index contributed by atoms with van der Waals surface area (Å²) in [7, 11) is 0. The maximum Gasteiger partial charge on any atom is 0.416 e. The fourth-order valence-electron chi connectivity index (χ4n) is 4.68. The van der Waals surface area contributed by atoms with Gasteiger partial charge in [-0.3, -0.25) is 0 Å². The SMILES string of the molecule is C[C@@H](O[C@H]1CC[C@@H](CO)[C@@H](CO)[C@@H]1c1ccc(F)cc1)c1cc(C(F)(F)F)cc(C(F)(F)F)c1. The van der Waals surface area contributed by atoms with E-state index in [2.05, 4.69) is 0 Å². The van der Waals surface area contributed by atoms with E-state index in [1.807, 2.05) is 0 Å². The Kier molecular flexibility index (Phi) is 7.94. The van der Waals surface area contributed by atoms with E-state index in [9.17, 15) is 40.9 Å². The normalized spacial score (nSPS) is 24.8. The quantitative estimate of drug-likeness (QED) is 0.477. The molecule has 0 unspecified atom stereocenters. The maximum atomic E-state index is 13.5. The van der Waals surface area contributed by atoms with Crippen LogP contribution in [0.2, 0.25) is 0 Å². The number of halogens is 7. The van der Waals surface area contributed by atoms with E-state index < -0.39 is 53.3 Å². The molecular weight excluding hydrogens is 469 g/mol. The molecule has 0 saturated heterocycles. The molecule has 1 aliphatic carbocycles. The monoisotopic (exact) mass is 494 g/mol. The van der Waals surface area contributed by atoms with Crippen LogP contribution in [0.15, 0.2) is 42.5 Å². The Morgan fingerprint density at radius 2 is 1.44 bits per heavy atom. The fraction of sp³-hybridized carbons (Fsp3) is 0.500. The summed E-state index contributed by atoms with van der Waals surface area (Å²) in [6, 6.07) is 6.76. The number of alkyl halides is 6. The molecule has 10 heteroatoms. The van der Waals surface area contributed by atoms with Crippen LogP contribution in [0, 0.1) is 17.7 Å². The zero-order valence-electron chi connectivity index (χ0n) is 18.2. The summed E-state index contributed by atoms with van der Waals surface area (Å²) in [5.41, 5.74) is -2.55. The Hall–Kier alpha value is -2.17. The Balaban J connectivity index is 1.97. The first-order chi connectivity index (χ1) is 15.8. The van der Waals surface area contributed by atoms with Gasteiger partial charge in [0.05, 0.1) is 23.3 Å². The van der Waals surface area contributed by atoms with Gasteiger partial charge in [-0.2, -0.15) is 26.3 Å². The second kappa shape index (κ2) is 10.2. The second-order valence-corrected chi connectivity index (χ2v) is 8.60. The van der Waals surface area contributed by atoms with Crippen molar-refractivity contribution in [2.24, 2.45) is 11.8 Å². The van der Waals surface area contributed by atoms with Gasteiger partial charge in [-0.1, -0.05) is 12.1 Å². The lowest BCUT2D eigenvalue weighted by Crippen LogP contribution is -2.41. The molecular formula is C24H25F7O3. The summed E-state index contributed by atoms with van der Waals surface area (Å²) in [5.74, 6) is -1.82. The molecule has 0 spiro atoms.